The monoisotopic (exact) mass is 331 g/mol. The normalized spacial score (nSPS) is 21.0. The first kappa shape index (κ1) is 16.7. The molecule has 3 N–H and O–H groups in total. The summed E-state index contributed by atoms with van der Waals surface area (Å²) in [6.45, 7) is 5.19. The number of nitrogens with zero attached hydrogens (tertiary/aromatic N) is 3. The van der Waals surface area contributed by atoms with Crippen LogP contribution >= 0.6 is 0 Å². The van der Waals surface area contributed by atoms with Crippen molar-refractivity contribution in [3.8, 4) is 0 Å². The fourth-order valence-electron chi connectivity index (χ4n) is 3.34. The van der Waals surface area contributed by atoms with E-state index in [9.17, 15) is 9.90 Å². The molecule has 3 rings (SSSR count). The van der Waals surface area contributed by atoms with Crippen molar-refractivity contribution in [2.75, 3.05) is 11.9 Å². The summed E-state index contributed by atoms with van der Waals surface area (Å²) >= 11 is 0. The molecule has 1 aliphatic rings. The van der Waals surface area contributed by atoms with E-state index in [0.29, 0.717) is 18.5 Å². The van der Waals surface area contributed by atoms with Gasteiger partial charge in [-0.05, 0) is 39.5 Å². The predicted molar refractivity (Wildman–Crippen MR) is 93.1 cm³/mol. The van der Waals surface area contributed by atoms with E-state index in [1.54, 1.807) is 12.4 Å². The number of pyridine rings is 1. The summed E-state index contributed by atoms with van der Waals surface area (Å²) in [6, 6.07) is 0.150. The average Bonchev–Trinajstić information content (AvgIpc) is 2.99. The molecule has 130 valence electrons. The second-order valence-corrected chi connectivity index (χ2v) is 6.27. The Labute approximate surface area is 141 Å². The van der Waals surface area contributed by atoms with Gasteiger partial charge in [-0.15, -0.1) is 0 Å². The van der Waals surface area contributed by atoms with Gasteiger partial charge in [0.1, 0.15) is 0 Å². The third-order valence-electron chi connectivity index (χ3n) is 4.54. The van der Waals surface area contributed by atoms with E-state index in [0.717, 1.165) is 42.5 Å². The molecule has 2 heterocycles. The standard InChI is InChI=1S/C17H25N5O2/c1-3-18-17(24)14-9-19-16-13(10-20-22(16)4-2)15(14)21-11-6-5-7-12(23)8-11/h9-12,23H,3-8H2,1-2H3,(H,18,24)(H,19,21)/t11-,12-/m0/s1. The first-order valence-electron chi connectivity index (χ1n) is 8.71. The summed E-state index contributed by atoms with van der Waals surface area (Å²) in [5, 5.41) is 21.5. The van der Waals surface area contributed by atoms with Crippen LogP contribution in [0.5, 0.6) is 0 Å². The van der Waals surface area contributed by atoms with E-state index >= 15 is 0 Å². The number of aliphatic hydroxyl groups excluding tert-OH is 1. The number of carbonyl (C=O) groups excluding carboxylic acids is 1. The average molecular weight is 331 g/mol. The maximum atomic E-state index is 12.4. The number of nitrogens with one attached hydrogen (secondary N) is 2. The quantitative estimate of drug-likeness (QED) is 0.778. The summed E-state index contributed by atoms with van der Waals surface area (Å²) in [7, 11) is 0. The first-order chi connectivity index (χ1) is 11.6. The van der Waals surface area contributed by atoms with Gasteiger partial charge >= 0.3 is 0 Å². The molecular formula is C17H25N5O2. The van der Waals surface area contributed by atoms with Crippen LogP contribution in [0.25, 0.3) is 11.0 Å². The number of carbonyl (C=O) groups is 1. The van der Waals surface area contributed by atoms with Crippen molar-refractivity contribution in [3.63, 3.8) is 0 Å². The number of anilines is 1. The van der Waals surface area contributed by atoms with Crippen LogP contribution in [-0.4, -0.2) is 44.5 Å². The number of aryl methyl sites for hydroxylation is 1. The molecule has 0 spiro atoms. The maximum Gasteiger partial charge on any atom is 0.254 e. The Balaban J connectivity index is 2.01. The summed E-state index contributed by atoms with van der Waals surface area (Å²) in [4.78, 5) is 16.9. The summed E-state index contributed by atoms with van der Waals surface area (Å²) < 4.78 is 1.82. The molecule has 1 fully saturated rings. The molecule has 1 aliphatic carbocycles. The number of hydrogen-bond donors (Lipinski definition) is 3. The smallest absolute Gasteiger partial charge is 0.254 e. The predicted octanol–water partition coefficient (Wildman–Crippen LogP) is 1.92. The second-order valence-electron chi connectivity index (χ2n) is 6.27. The molecule has 2 aromatic heterocycles. The van der Waals surface area contributed by atoms with Crippen molar-refractivity contribution < 1.29 is 9.90 Å². The lowest BCUT2D eigenvalue weighted by atomic mass is 9.92. The molecule has 0 aliphatic heterocycles. The highest BCUT2D eigenvalue weighted by Crippen LogP contribution is 2.30. The highest BCUT2D eigenvalue weighted by Gasteiger charge is 2.24. The Morgan fingerprint density at radius 2 is 2.21 bits per heavy atom. The molecule has 0 aromatic carbocycles. The van der Waals surface area contributed by atoms with Gasteiger partial charge in [0.15, 0.2) is 5.65 Å². The van der Waals surface area contributed by atoms with E-state index in [1.165, 1.54) is 0 Å². The maximum absolute atomic E-state index is 12.4. The highest BCUT2D eigenvalue weighted by molar-refractivity contribution is 6.06. The van der Waals surface area contributed by atoms with Crippen LogP contribution < -0.4 is 10.6 Å². The van der Waals surface area contributed by atoms with Crippen LogP contribution in [0.1, 0.15) is 49.9 Å². The van der Waals surface area contributed by atoms with Crippen molar-refractivity contribution in [1.82, 2.24) is 20.1 Å². The number of aromatic nitrogens is 3. The van der Waals surface area contributed by atoms with Crippen LogP contribution in [0.3, 0.4) is 0 Å². The topological polar surface area (TPSA) is 92.1 Å². The number of amides is 1. The molecule has 2 aromatic rings. The minimum Gasteiger partial charge on any atom is -0.393 e. The van der Waals surface area contributed by atoms with Gasteiger partial charge in [0, 0.05) is 25.3 Å². The van der Waals surface area contributed by atoms with Crippen molar-refractivity contribution in [1.29, 1.82) is 0 Å². The van der Waals surface area contributed by atoms with E-state index in [1.807, 2.05) is 18.5 Å². The lowest BCUT2D eigenvalue weighted by Gasteiger charge is -2.28. The zero-order valence-corrected chi connectivity index (χ0v) is 14.2. The molecule has 1 amide bonds. The van der Waals surface area contributed by atoms with Gasteiger partial charge in [-0.25, -0.2) is 9.67 Å². The molecular weight excluding hydrogens is 306 g/mol. The summed E-state index contributed by atoms with van der Waals surface area (Å²) in [6.07, 6.45) is 6.61. The molecule has 2 atom stereocenters. The molecule has 0 saturated heterocycles. The van der Waals surface area contributed by atoms with Crippen LogP contribution in [0.15, 0.2) is 12.4 Å². The van der Waals surface area contributed by atoms with Gasteiger partial charge in [0.05, 0.1) is 28.9 Å². The van der Waals surface area contributed by atoms with Gasteiger partial charge < -0.3 is 15.7 Å². The third kappa shape index (κ3) is 3.21. The lowest BCUT2D eigenvalue weighted by molar-refractivity contribution is 0.0956. The number of fused-ring (bicyclic) bond motifs is 1. The summed E-state index contributed by atoms with van der Waals surface area (Å²) in [5.74, 6) is -0.144. The van der Waals surface area contributed by atoms with Gasteiger partial charge in [-0.3, -0.25) is 4.79 Å². The molecule has 7 heteroatoms. The zero-order chi connectivity index (χ0) is 17.1. The fourth-order valence-corrected chi connectivity index (χ4v) is 3.34. The van der Waals surface area contributed by atoms with Gasteiger partial charge in [0.25, 0.3) is 5.91 Å². The second kappa shape index (κ2) is 7.17. The molecule has 24 heavy (non-hydrogen) atoms. The first-order valence-corrected chi connectivity index (χ1v) is 8.71. The number of aliphatic hydroxyl groups is 1. The molecule has 0 unspecified atom stereocenters. The molecule has 0 radical (unpaired) electrons. The minimum absolute atomic E-state index is 0.144. The van der Waals surface area contributed by atoms with Crippen LogP contribution in [0.4, 0.5) is 5.69 Å². The van der Waals surface area contributed by atoms with E-state index in [2.05, 4.69) is 20.7 Å². The summed E-state index contributed by atoms with van der Waals surface area (Å²) in [5.41, 5.74) is 2.06. The van der Waals surface area contributed by atoms with Crippen molar-refractivity contribution >= 4 is 22.6 Å². The Morgan fingerprint density at radius 1 is 1.38 bits per heavy atom. The van der Waals surface area contributed by atoms with E-state index < -0.39 is 0 Å². The Hall–Kier alpha value is -2.15. The largest absolute Gasteiger partial charge is 0.393 e. The molecule has 7 nitrogen and oxygen atoms in total. The number of hydrogen-bond acceptors (Lipinski definition) is 5. The van der Waals surface area contributed by atoms with Crippen LogP contribution in [0, 0.1) is 0 Å². The Morgan fingerprint density at radius 3 is 2.92 bits per heavy atom. The van der Waals surface area contributed by atoms with E-state index in [-0.39, 0.29) is 18.1 Å². The van der Waals surface area contributed by atoms with Gasteiger partial charge in [-0.2, -0.15) is 5.10 Å². The van der Waals surface area contributed by atoms with Crippen LogP contribution in [0.2, 0.25) is 0 Å². The minimum atomic E-state index is -0.278. The Kier molecular flexibility index (Phi) is 4.99. The van der Waals surface area contributed by atoms with Gasteiger partial charge in [-0.1, -0.05) is 0 Å². The SMILES string of the molecule is CCNC(=O)c1cnc2c(cnn2CC)c1N[C@H]1CCC[C@H](O)C1. The molecule has 0 bridgehead atoms. The zero-order valence-electron chi connectivity index (χ0n) is 14.2. The van der Waals surface area contributed by atoms with Crippen LogP contribution in [-0.2, 0) is 6.54 Å². The highest BCUT2D eigenvalue weighted by atomic mass is 16.3. The third-order valence-corrected chi connectivity index (χ3v) is 4.54. The Bertz CT molecular complexity index is 727. The fraction of sp³-hybridized carbons (Fsp3) is 0.588. The van der Waals surface area contributed by atoms with Crippen molar-refractivity contribution in [3.05, 3.63) is 18.0 Å². The van der Waals surface area contributed by atoms with Crippen molar-refractivity contribution in [2.24, 2.45) is 0 Å². The van der Waals surface area contributed by atoms with E-state index in [4.69, 9.17) is 0 Å². The van der Waals surface area contributed by atoms with Gasteiger partial charge in [0.2, 0.25) is 0 Å². The van der Waals surface area contributed by atoms with Crippen molar-refractivity contribution in [2.45, 2.75) is 58.2 Å². The number of rotatable bonds is 5. The molecule has 1 saturated carbocycles. The lowest BCUT2D eigenvalue weighted by Crippen LogP contribution is -2.31.